The number of rotatable bonds is 3. The van der Waals surface area contributed by atoms with Gasteiger partial charge in [-0.25, -0.2) is 10.9 Å². The van der Waals surface area contributed by atoms with Crippen molar-refractivity contribution in [2.24, 2.45) is 5.41 Å². The Morgan fingerprint density at radius 3 is 2.33 bits per heavy atom. The van der Waals surface area contributed by atoms with Crippen LogP contribution in [0.5, 0.6) is 0 Å². The van der Waals surface area contributed by atoms with E-state index >= 15 is 0 Å². The zero-order valence-corrected chi connectivity index (χ0v) is 8.21. The van der Waals surface area contributed by atoms with Crippen LogP contribution in [0.1, 0.15) is 13.8 Å². The molecule has 0 aromatic heterocycles. The van der Waals surface area contributed by atoms with Gasteiger partial charge in [0.25, 0.3) is 0 Å². The Labute approximate surface area is 75.3 Å². The first-order valence-corrected chi connectivity index (χ1v) is 5.53. The lowest BCUT2D eigenvalue weighted by atomic mass is 9.97. The quantitative estimate of drug-likeness (QED) is 0.663. The molecule has 1 heterocycles. The molecule has 0 radical (unpaired) electrons. The molecule has 3 heteroatoms. The van der Waals surface area contributed by atoms with Gasteiger partial charge >= 0.3 is 5.97 Å². The van der Waals surface area contributed by atoms with E-state index in [1.54, 1.807) is 13.8 Å². The van der Waals surface area contributed by atoms with E-state index in [1.165, 1.54) is 0 Å². The molecule has 0 saturated heterocycles. The molecule has 0 unspecified atom stereocenters. The van der Waals surface area contributed by atoms with Crippen molar-refractivity contribution < 1.29 is 9.90 Å². The van der Waals surface area contributed by atoms with Crippen LogP contribution in [0.4, 0.5) is 0 Å². The van der Waals surface area contributed by atoms with Gasteiger partial charge in [0.05, 0.1) is 5.41 Å². The van der Waals surface area contributed by atoms with Gasteiger partial charge in [0.1, 0.15) is 0 Å². The van der Waals surface area contributed by atoms with E-state index in [9.17, 15) is 4.79 Å². The van der Waals surface area contributed by atoms with Crippen LogP contribution in [0.25, 0.3) is 0 Å². The third-order valence-electron chi connectivity index (χ3n) is 1.82. The topological polar surface area (TPSA) is 37.3 Å². The van der Waals surface area contributed by atoms with Gasteiger partial charge in [-0.05, 0) is 30.4 Å². The number of carbonyl (C=O) groups is 1. The molecule has 12 heavy (non-hydrogen) atoms. The SMILES string of the molecule is CC(C)(C[SH]1C=CC=C1)C(=O)O. The van der Waals surface area contributed by atoms with Crippen molar-refractivity contribution >= 4 is 16.9 Å². The van der Waals surface area contributed by atoms with Crippen LogP contribution < -0.4 is 0 Å². The standard InChI is InChI=1S/C9H14O2S/c1-9(2,8(10)11)7-12-5-3-4-6-12/h3-6,12H,7H2,1-2H3,(H,10,11). The van der Waals surface area contributed by atoms with E-state index in [0.717, 1.165) is 5.75 Å². The summed E-state index contributed by atoms with van der Waals surface area (Å²) in [5.74, 6) is 0.0312. The Bertz CT molecular complexity index is 229. The maximum atomic E-state index is 10.8. The summed E-state index contributed by atoms with van der Waals surface area (Å²) in [5.41, 5.74) is -0.593. The largest absolute Gasteiger partial charge is 0.481 e. The molecule has 0 saturated carbocycles. The third-order valence-corrected chi connectivity index (χ3v) is 4.09. The first kappa shape index (κ1) is 9.39. The molecule has 0 aliphatic carbocycles. The predicted octanol–water partition coefficient (Wildman–Crippen LogP) is 2.14. The van der Waals surface area contributed by atoms with E-state index in [0.29, 0.717) is 0 Å². The van der Waals surface area contributed by atoms with Gasteiger partial charge in [-0.1, -0.05) is 12.2 Å². The molecule has 1 aliphatic heterocycles. The van der Waals surface area contributed by atoms with Gasteiger partial charge in [-0.2, -0.15) is 0 Å². The molecule has 0 spiro atoms. The van der Waals surface area contributed by atoms with E-state index in [1.807, 2.05) is 12.2 Å². The number of aliphatic carboxylic acids is 1. The molecule has 0 bridgehead atoms. The van der Waals surface area contributed by atoms with E-state index in [-0.39, 0.29) is 10.9 Å². The molecule has 1 aliphatic rings. The molecule has 1 N–H and O–H groups in total. The van der Waals surface area contributed by atoms with Crippen LogP contribution in [-0.4, -0.2) is 16.8 Å². The summed E-state index contributed by atoms with van der Waals surface area (Å²) in [6.07, 6.45) is 3.98. The van der Waals surface area contributed by atoms with E-state index in [2.05, 4.69) is 10.8 Å². The van der Waals surface area contributed by atoms with Gasteiger partial charge < -0.3 is 5.11 Å². The fourth-order valence-electron chi connectivity index (χ4n) is 1.000. The average Bonchev–Trinajstić information content (AvgIpc) is 2.38. The summed E-state index contributed by atoms with van der Waals surface area (Å²) < 4.78 is 0. The highest BCUT2D eigenvalue weighted by Crippen LogP contribution is 2.39. The van der Waals surface area contributed by atoms with E-state index < -0.39 is 11.4 Å². The number of allylic oxidation sites excluding steroid dienone is 2. The van der Waals surface area contributed by atoms with Gasteiger partial charge in [-0.3, -0.25) is 4.79 Å². The highest BCUT2D eigenvalue weighted by molar-refractivity contribution is 8.22. The van der Waals surface area contributed by atoms with Gasteiger partial charge in [0, 0.05) is 0 Å². The van der Waals surface area contributed by atoms with Gasteiger partial charge in [0.2, 0.25) is 0 Å². The van der Waals surface area contributed by atoms with Crippen LogP contribution in [0.2, 0.25) is 0 Å². The average molecular weight is 186 g/mol. The van der Waals surface area contributed by atoms with Crippen molar-refractivity contribution in [2.45, 2.75) is 13.8 Å². The summed E-state index contributed by atoms with van der Waals surface area (Å²) in [4.78, 5) is 10.8. The number of hydrogen-bond acceptors (Lipinski definition) is 1. The van der Waals surface area contributed by atoms with Crippen molar-refractivity contribution in [3.05, 3.63) is 23.0 Å². The fraction of sp³-hybridized carbons (Fsp3) is 0.444. The number of carboxylic acids is 1. The van der Waals surface area contributed by atoms with E-state index in [4.69, 9.17) is 5.11 Å². The second-order valence-corrected chi connectivity index (χ2v) is 5.49. The summed E-state index contributed by atoms with van der Waals surface area (Å²) >= 11 is 0. The molecular weight excluding hydrogens is 172 g/mol. The second kappa shape index (κ2) is 3.35. The van der Waals surface area contributed by atoms with Crippen molar-refractivity contribution in [1.82, 2.24) is 0 Å². The van der Waals surface area contributed by atoms with Crippen LogP contribution in [-0.2, 0) is 4.79 Å². The van der Waals surface area contributed by atoms with Crippen LogP contribution in [0.15, 0.2) is 23.0 Å². The Balaban J connectivity index is 2.55. The van der Waals surface area contributed by atoms with Crippen LogP contribution in [0, 0.1) is 5.41 Å². The Morgan fingerprint density at radius 2 is 1.92 bits per heavy atom. The summed E-state index contributed by atoms with van der Waals surface area (Å²) in [6.45, 7) is 3.55. The molecule has 1 rings (SSSR count). The minimum absolute atomic E-state index is 0.308. The van der Waals surface area contributed by atoms with Crippen molar-refractivity contribution in [2.75, 3.05) is 5.75 Å². The second-order valence-electron chi connectivity index (χ2n) is 3.54. The zero-order chi connectivity index (χ0) is 9.19. The molecule has 0 atom stereocenters. The first-order chi connectivity index (χ1) is 5.52. The maximum Gasteiger partial charge on any atom is 0.309 e. The van der Waals surface area contributed by atoms with Crippen molar-refractivity contribution in [3.63, 3.8) is 0 Å². The minimum Gasteiger partial charge on any atom is -0.481 e. The summed E-state index contributed by atoms with van der Waals surface area (Å²) in [7, 11) is -0.308. The minimum atomic E-state index is -0.710. The molecular formula is C9H14O2S. The lowest BCUT2D eigenvalue weighted by molar-refractivity contribution is -0.145. The molecule has 0 aromatic carbocycles. The highest BCUT2D eigenvalue weighted by atomic mass is 32.2. The van der Waals surface area contributed by atoms with Crippen LogP contribution >= 0.6 is 10.9 Å². The Morgan fingerprint density at radius 1 is 1.42 bits per heavy atom. The monoisotopic (exact) mass is 186 g/mol. The van der Waals surface area contributed by atoms with Crippen molar-refractivity contribution in [3.8, 4) is 0 Å². The Hall–Kier alpha value is -0.700. The van der Waals surface area contributed by atoms with Crippen LogP contribution in [0.3, 0.4) is 0 Å². The normalized spacial score (nSPS) is 18.7. The number of carboxylic acid groups (broad SMARTS) is 1. The van der Waals surface area contributed by atoms with Crippen molar-refractivity contribution in [1.29, 1.82) is 0 Å². The maximum absolute atomic E-state index is 10.8. The molecule has 0 fully saturated rings. The lowest BCUT2D eigenvalue weighted by Crippen LogP contribution is -2.27. The Kier molecular flexibility index (Phi) is 2.62. The highest BCUT2D eigenvalue weighted by Gasteiger charge is 2.28. The first-order valence-electron chi connectivity index (χ1n) is 3.86. The van der Waals surface area contributed by atoms with Gasteiger partial charge in [-0.15, -0.1) is 0 Å². The molecule has 0 aromatic rings. The third kappa shape index (κ3) is 2.14. The zero-order valence-electron chi connectivity index (χ0n) is 7.32. The fourth-order valence-corrected chi connectivity index (χ4v) is 3.00. The summed E-state index contributed by atoms with van der Waals surface area (Å²) in [5, 5.41) is 13.1. The molecule has 2 nitrogen and oxygen atoms in total. The molecule has 68 valence electrons. The molecule has 0 amide bonds. The smallest absolute Gasteiger partial charge is 0.309 e. The van der Waals surface area contributed by atoms with Gasteiger partial charge in [0.15, 0.2) is 0 Å². The predicted molar refractivity (Wildman–Crippen MR) is 53.5 cm³/mol. The number of thiol groups is 1. The summed E-state index contributed by atoms with van der Waals surface area (Å²) in [6, 6.07) is 0. The number of hydrogen-bond donors (Lipinski definition) is 2. The lowest BCUT2D eigenvalue weighted by Gasteiger charge is -2.23.